The van der Waals surface area contributed by atoms with E-state index < -0.39 is 0 Å². The standard InChI is InChI=1S/C17H19NO/c18-17(11-6-12-17)15-9-4-5-10-16(15)19-13-14-7-2-1-3-8-14/h1-5,7-10H,6,11-13,18H2. The lowest BCUT2D eigenvalue weighted by molar-refractivity contribution is 0.232. The van der Waals surface area contributed by atoms with Gasteiger partial charge in [0.25, 0.3) is 0 Å². The monoisotopic (exact) mass is 253 g/mol. The molecule has 0 aliphatic heterocycles. The van der Waals surface area contributed by atoms with Gasteiger partial charge in [0.1, 0.15) is 12.4 Å². The molecule has 2 heteroatoms. The van der Waals surface area contributed by atoms with Crippen LogP contribution in [0, 0.1) is 0 Å². The third kappa shape index (κ3) is 2.49. The number of hydrogen-bond donors (Lipinski definition) is 1. The summed E-state index contributed by atoms with van der Waals surface area (Å²) in [6, 6.07) is 18.4. The Morgan fingerprint density at radius 1 is 0.947 bits per heavy atom. The minimum atomic E-state index is -0.173. The van der Waals surface area contributed by atoms with Gasteiger partial charge >= 0.3 is 0 Å². The second kappa shape index (κ2) is 5.06. The van der Waals surface area contributed by atoms with Crippen LogP contribution >= 0.6 is 0 Å². The fourth-order valence-electron chi connectivity index (χ4n) is 2.57. The summed E-state index contributed by atoms with van der Waals surface area (Å²) in [5.74, 6) is 0.925. The Hall–Kier alpha value is -1.80. The number of para-hydroxylation sites is 1. The predicted molar refractivity (Wildman–Crippen MR) is 76.9 cm³/mol. The van der Waals surface area contributed by atoms with E-state index in [0.717, 1.165) is 24.2 Å². The SMILES string of the molecule is NC1(c2ccccc2OCc2ccccc2)CCC1. The van der Waals surface area contributed by atoms with Gasteiger partial charge in [-0.25, -0.2) is 0 Å². The van der Waals surface area contributed by atoms with Crippen molar-refractivity contribution in [3.8, 4) is 5.75 Å². The molecule has 2 aromatic rings. The number of rotatable bonds is 4. The molecule has 0 atom stereocenters. The van der Waals surface area contributed by atoms with Gasteiger partial charge in [0.2, 0.25) is 0 Å². The van der Waals surface area contributed by atoms with Gasteiger partial charge < -0.3 is 10.5 Å². The molecule has 0 heterocycles. The van der Waals surface area contributed by atoms with E-state index in [9.17, 15) is 0 Å². The molecule has 1 saturated carbocycles. The third-order valence-corrected chi connectivity index (χ3v) is 3.91. The van der Waals surface area contributed by atoms with Crippen LogP contribution in [-0.4, -0.2) is 0 Å². The maximum Gasteiger partial charge on any atom is 0.124 e. The molecule has 0 unspecified atom stereocenters. The van der Waals surface area contributed by atoms with Crippen molar-refractivity contribution in [1.29, 1.82) is 0 Å². The van der Waals surface area contributed by atoms with Gasteiger partial charge in [-0.05, 0) is 30.9 Å². The Morgan fingerprint density at radius 3 is 2.32 bits per heavy atom. The molecule has 2 N–H and O–H groups in total. The van der Waals surface area contributed by atoms with E-state index in [4.69, 9.17) is 10.5 Å². The van der Waals surface area contributed by atoms with Gasteiger partial charge in [-0.15, -0.1) is 0 Å². The average molecular weight is 253 g/mol. The zero-order valence-electron chi connectivity index (χ0n) is 11.0. The van der Waals surface area contributed by atoms with E-state index in [0.29, 0.717) is 6.61 Å². The highest BCUT2D eigenvalue weighted by Gasteiger charge is 2.36. The topological polar surface area (TPSA) is 35.2 Å². The van der Waals surface area contributed by atoms with Gasteiger partial charge in [-0.2, -0.15) is 0 Å². The van der Waals surface area contributed by atoms with Crippen LogP contribution in [0.15, 0.2) is 54.6 Å². The van der Waals surface area contributed by atoms with E-state index >= 15 is 0 Å². The molecule has 2 aromatic carbocycles. The predicted octanol–water partition coefficient (Wildman–Crippen LogP) is 3.60. The van der Waals surface area contributed by atoms with Crippen LogP contribution in [-0.2, 0) is 12.1 Å². The molecule has 0 bridgehead atoms. The summed E-state index contributed by atoms with van der Waals surface area (Å²) >= 11 is 0. The largest absolute Gasteiger partial charge is 0.489 e. The summed E-state index contributed by atoms with van der Waals surface area (Å²) < 4.78 is 5.97. The first-order chi connectivity index (χ1) is 9.28. The zero-order valence-corrected chi connectivity index (χ0v) is 11.0. The molecule has 1 aliphatic rings. The Balaban J connectivity index is 1.78. The lowest BCUT2D eigenvalue weighted by Gasteiger charge is -2.39. The second-order valence-corrected chi connectivity index (χ2v) is 5.28. The van der Waals surface area contributed by atoms with Crippen LogP contribution in [0.5, 0.6) is 5.75 Å². The molecule has 98 valence electrons. The molecule has 19 heavy (non-hydrogen) atoms. The van der Waals surface area contributed by atoms with Crippen LogP contribution in [0.25, 0.3) is 0 Å². The van der Waals surface area contributed by atoms with Crippen molar-refractivity contribution in [3.05, 3.63) is 65.7 Å². The molecular formula is C17H19NO. The Bertz CT molecular complexity index is 546. The highest BCUT2D eigenvalue weighted by Crippen LogP contribution is 2.42. The normalized spacial score (nSPS) is 16.7. The maximum absolute atomic E-state index is 6.41. The van der Waals surface area contributed by atoms with Gasteiger partial charge in [-0.3, -0.25) is 0 Å². The molecule has 2 nitrogen and oxygen atoms in total. The van der Waals surface area contributed by atoms with E-state index in [2.05, 4.69) is 18.2 Å². The molecule has 0 saturated heterocycles. The van der Waals surface area contributed by atoms with Gasteiger partial charge in [-0.1, -0.05) is 48.5 Å². The quantitative estimate of drug-likeness (QED) is 0.903. The van der Waals surface area contributed by atoms with Gasteiger partial charge in [0.15, 0.2) is 0 Å². The number of ether oxygens (including phenoxy) is 1. The van der Waals surface area contributed by atoms with Crippen molar-refractivity contribution in [2.75, 3.05) is 0 Å². The van der Waals surface area contributed by atoms with Gasteiger partial charge in [0.05, 0.1) is 0 Å². The van der Waals surface area contributed by atoms with Crippen molar-refractivity contribution >= 4 is 0 Å². The van der Waals surface area contributed by atoms with Crippen molar-refractivity contribution in [2.24, 2.45) is 5.73 Å². The highest BCUT2D eigenvalue weighted by molar-refractivity contribution is 5.40. The van der Waals surface area contributed by atoms with Gasteiger partial charge in [0, 0.05) is 11.1 Å². The molecule has 0 amide bonds. The summed E-state index contributed by atoms with van der Waals surface area (Å²) in [5, 5.41) is 0. The van der Waals surface area contributed by atoms with Crippen LogP contribution in [0.1, 0.15) is 30.4 Å². The second-order valence-electron chi connectivity index (χ2n) is 5.28. The molecule has 1 fully saturated rings. The molecule has 1 aliphatic carbocycles. The smallest absolute Gasteiger partial charge is 0.124 e. The van der Waals surface area contributed by atoms with Crippen LogP contribution < -0.4 is 10.5 Å². The lowest BCUT2D eigenvalue weighted by Crippen LogP contribution is -2.43. The van der Waals surface area contributed by atoms with E-state index in [-0.39, 0.29) is 5.54 Å². The highest BCUT2D eigenvalue weighted by atomic mass is 16.5. The minimum Gasteiger partial charge on any atom is -0.489 e. The third-order valence-electron chi connectivity index (χ3n) is 3.91. The fraction of sp³-hybridized carbons (Fsp3) is 0.294. The van der Waals surface area contributed by atoms with Crippen molar-refractivity contribution in [1.82, 2.24) is 0 Å². The molecule has 0 radical (unpaired) electrons. The number of nitrogens with two attached hydrogens (primary N) is 1. The fourth-order valence-corrected chi connectivity index (χ4v) is 2.57. The first kappa shape index (κ1) is 12.2. The molecular weight excluding hydrogens is 234 g/mol. The zero-order chi connectivity index (χ0) is 13.1. The summed E-state index contributed by atoms with van der Waals surface area (Å²) in [4.78, 5) is 0. The summed E-state index contributed by atoms with van der Waals surface area (Å²) in [7, 11) is 0. The Morgan fingerprint density at radius 2 is 1.63 bits per heavy atom. The summed E-state index contributed by atoms with van der Waals surface area (Å²) in [5.41, 5.74) is 8.57. The van der Waals surface area contributed by atoms with Crippen molar-refractivity contribution < 1.29 is 4.74 Å². The minimum absolute atomic E-state index is 0.173. The summed E-state index contributed by atoms with van der Waals surface area (Å²) in [6.45, 7) is 0.591. The number of hydrogen-bond acceptors (Lipinski definition) is 2. The Labute approximate surface area is 114 Å². The van der Waals surface area contributed by atoms with Crippen molar-refractivity contribution in [3.63, 3.8) is 0 Å². The lowest BCUT2D eigenvalue weighted by atomic mass is 9.72. The first-order valence-corrected chi connectivity index (χ1v) is 6.83. The van der Waals surface area contributed by atoms with E-state index in [1.165, 1.54) is 12.0 Å². The molecule has 0 spiro atoms. The Kier molecular flexibility index (Phi) is 3.26. The van der Waals surface area contributed by atoms with Crippen molar-refractivity contribution in [2.45, 2.75) is 31.4 Å². The first-order valence-electron chi connectivity index (χ1n) is 6.83. The van der Waals surface area contributed by atoms with Crippen LogP contribution in [0.4, 0.5) is 0 Å². The molecule has 0 aromatic heterocycles. The molecule has 3 rings (SSSR count). The van der Waals surface area contributed by atoms with Crippen LogP contribution in [0.3, 0.4) is 0 Å². The summed E-state index contributed by atoms with van der Waals surface area (Å²) in [6.07, 6.45) is 3.32. The average Bonchev–Trinajstić information content (AvgIpc) is 2.44. The maximum atomic E-state index is 6.41. The van der Waals surface area contributed by atoms with E-state index in [1.54, 1.807) is 0 Å². The van der Waals surface area contributed by atoms with Crippen LogP contribution in [0.2, 0.25) is 0 Å². The van der Waals surface area contributed by atoms with E-state index in [1.807, 2.05) is 36.4 Å². The number of benzene rings is 2.